The molecule has 22 heavy (non-hydrogen) atoms. The van der Waals surface area contributed by atoms with Crippen molar-refractivity contribution in [3.63, 3.8) is 0 Å². The quantitative estimate of drug-likeness (QED) is 0.804. The summed E-state index contributed by atoms with van der Waals surface area (Å²) < 4.78 is 6.83. The van der Waals surface area contributed by atoms with Crippen LogP contribution >= 0.6 is 11.3 Å². The van der Waals surface area contributed by atoms with Crippen LogP contribution in [-0.2, 0) is 6.54 Å². The second kappa shape index (κ2) is 5.81. The van der Waals surface area contributed by atoms with Crippen LogP contribution in [-0.4, -0.2) is 16.5 Å². The Morgan fingerprint density at radius 3 is 2.86 bits per heavy atom. The van der Waals surface area contributed by atoms with Crippen molar-refractivity contribution < 1.29 is 4.74 Å². The minimum atomic E-state index is -0.0352. The van der Waals surface area contributed by atoms with Crippen LogP contribution < -0.4 is 15.6 Å². The molecule has 0 saturated heterocycles. The Bertz CT molecular complexity index is 883. The molecule has 0 unspecified atom stereocenters. The summed E-state index contributed by atoms with van der Waals surface area (Å²) in [6.45, 7) is 4.43. The smallest absolute Gasteiger partial charge is 0.259 e. The number of anilines is 1. The van der Waals surface area contributed by atoms with Gasteiger partial charge in [0.2, 0.25) is 0 Å². The van der Waals surface area contributed by atoms with Gasteiger partial charge >= 0.3 is 0 Å². The molecule has 2 heterocycles. The summed E-state index contributed by atoms with van der Waals surface area (Å²) in [6, 6.07) is 7.42. The van der Waals surface area contributed by atoms with Crippen LogP contribution in [0.2, 0.25) is 0 Å². The van der Waals surface area contributed by atoms with E-state index in [-0.39, 0.29) is 5.56 Å². The molecule has 2 aromatic heterocycles. The van der Waals surface area contributed by atoms with Gasteiger partial charge in [0.15, 0.2) is 4.96 Å². The zero-order valence-corrected chi connectivity index (χ0v) is 13.5. The maximum Gasteiger partial charge on any atom is 0.259 e. The lowest BCUT2D eigenvalue weighted by Crippen LogP contribution is -2.16. The predicted molar refractivity (Wildman–Crippen MR) is 89.1 cm³/mol. The van der Waals surface area contributed by atoms with Crippen molar-refractivity contribution in [2.24, 2.45) is 0 Å². The molecule has 0 aliphatic rings. The molecule has 1 aromatic carbocycles. The number of nitrogens with one attached hydrogen (secondary N) is 1. The third-order valence-electron chi connectivity index (χ3n) is 3.52. The van der Waals surface area contributed by atoms with Crippen LogP contribution in [0.1, 0.15) is 17.0 Å². The molecule has 0 fully saturated rings. The molecule has 0 spiro atoms. The average molecular weight is 315 g/mol. The van der Waals surface area contributed by atoms with Gasteiger partial charge in [-0.3, -0.25) is 9.20 Å². The molecule has 0 aliphatic carbocycles. The summed E-state index contributed by atoms with van der Waals surface area (Å²) in [7, 11) is 1.65. The number of hydrogen-bond acceptors (Lipinski definition) is 5. The van der Waals surface area contributed by atoms with Gasteiger partial charge in [0.25, 0.3) is 5.56 Å². The third kappa shape index (κ3) is 2.69. The Kier molecular flexibility index (Phi) is 3.85. The summed E-state index contributed by atoms with van der Waals surface area (Å²) in [5, 5.41) is 5.26. The van der Waals surface area contributed by atoms with Crippen molar-refractivity contribution in [1.29, 1.82) is 0 Å². The molecule has 114 valence electrons. The van der Waals surface area contributed by atoms with E-state index in [9.17, 15) is 4.79 Å². The second-order valence-electron chi connectivity index (χ2n) is 5.12. The first-order valence-electron chi connectivity index (χ1n) is 6.94. The third-order valence-corrected chi connectivity index (χ3v) is 4.47. The summed E-state index contributed by atoms with van der Waals surface area (Å²) in [6.07, 6.45) is 0. The number of nitrogens with zero attached hydrogens (tertiary/aromatic N) is 2. The molecule has 3 aromatic rings. The average Bonchev–Trinajstić information content (AvgIpc) is 2.87. The Morgan fingerprint density at radius 2 is 2.14 bits per heavy atom. The van der Waals surface area contributed by atoms with Crippen LogP contribution in [0.25, 0.3) is 4.96 Å². The first-order chi connectivity index (χ1) is 10.6. The van der Waals surface area contributed by atoms with E-state index in [1.54, 1.807) is 17.6 Å². The molecule has 6 heteroatoms. The van der Waals surface area contributed by atoms with E-state index in [2.05, 4.69) is 10.3 Å². The number of thiazole rings is 1. The molecular weight excluding hydrogens is 298 g/mol. The summed E-state index contributed by atoms with van der Waals surface area (Å²) in [4.78, 5) is 17.4. The van der Waals surface area contributed by atoms with E-state index in [0.29, 0.717) is 6.54 Å². The van der Waals surface area contributed by atoms with E-state index >= 15 is 0 Å². The summed E-state index contributed by atoms with van der Waals surface area (Å²) in [5.41, 5.74) is 3.71. The van der Waals surface area contributed by atoms with Crippen LogP contribution in [0.15, 0.2) is 34.4 Å². The lowest BCUT2D eigenvalue weighted by molar-refractivity contribution is 0.414. The van der Waals surface area contributed by atoms with Crippen molar-refractivity contribution in [1.82, 2.24) is 9.38 Å². The Morgan fingerprint density at radius 1 is 1.32 bits per heavy atom. The molecule has 0 saturated carbocycles. The van der Waals surface area contributed by atoms with Crippen LogP contribution in [0.5, 0.6) is 5.75 Å². The highest BCUT2D eigenvalue weighted by atomic mass is 32.1. The summed E-state index contributed by atoms with van der Waals surface area (Å²) in [5.74, 6) is 0.829. The zero-order chi connectivity index (χ0) is 15.7. The molecule has 0 atom stereocenters. The van der Waals surface area contributed by atoms with E-state index < -0.39 is 0 Å². The fourth-order valence-corrected chi connectivity index (χ4v) is 3.23. The number of ether oxygens (including phenoxy) is 1. The molecule has 0 bridgehead atoms. The van der Waals surface area contributed by atoms with E-state index in [1.807, 2.05) is 37.4 Å². The lowest BCUT2D eigenvalue weighted by Gasteiger charge is -2.10. The standard InChI is InChI=1S/C16H17N3O2S/c1-10-6-13(21-3)4-5-14(10)17-8-12-7-15(20)19-11(2)9-22-16(19)18-12/h4-7,9,17H,8H2,1-3H3. The number of benzene rings is 1. The molecule has 0 aliphatic heterocycles. The van der Waals surface area contributed by atoms with E-state index in [0.717, 1.165) is 33.3 Å². The molecule has 1 N–H and O–H groups in total. The highest BCUT2D eigenvalue weighted by molar-refractivity contribution is 7.15. The van der Waals surface area contributed by atoms with Gasteiger partial charge in [-0.1, -0.05) is 0 Å². The number of hydrogen-bond donors (Lipinski definition) is 1. The molecule has 0 amide bonds. The Hall–Kier alpha value is -2.34. The fourth-order valence-electron chi connectivity index (χ4n) is 2.34. The Balaban J connectivity index is 1.83. The SMILES string of the molecule is COc1ccc(NCc2cc(=O)n3c(C)csc3n2)c(C)c1. The minimum absolute atomic E-state index is 0.0352. The molecular formula is C16H17N3O2S. The van der Waals surface area contributed by atoms with Crippen molar-refractivity contribution in [3.05, 3.63) is 57.0 Å². The Labute approximate surface area is 132 Å². The maximum absolute atomic E-state index is 12.1. The first-order valence-corrected chi connectivity index (χ1v) is 7.82. The van der Waals surface area contributed by atoms with Gasteiger partial charge in [-0.2, -0.15) is 0 Å². The van der Waals surface area contributed by atoms with Gasteiger partial charge in [0.1, 0.15) is 5.75 Å². The minimum Gasteiger partial charge on any atom is -0.497 e. The number of aromatic nitrogens is 2. The number of fused-ring (bicyclic) bond motifs is 1. The van der Waals surface area contributed by atoms with Crippen molar-refractivity contribution >= 4 is 22.0 Å². The highest BCUT2D eigenvalue weighted by Gasteiger charge is 2.07. The zero-order valence-electron chi connectivity index (χ0n) is 12.7. The van der Waals surface area contributed by atoms with Gasteiger partial charge in [-0.15, -0.1) is 11.3 Å². The predicted octanol–water partition coefficient (Wildman–Crippen LogP) is 2.99. The molecule has 5 nitrogen and oxygen atoms in total. The monoisotopic (exact) mass is 315 g/mol. The lowest BCUT2D eigenvalue weighted by atomic mass is 10.2. The van der Waals surface area contributed by atoms with Crippen LogP contribution in [0.4, 0.5) is 5.69 Å². The van der Waals surface area contributed by atoms with Crippen molar-refractivity contribution in [2.45, 2.75) is 20.4 Å². The van der Waals surface area contributed by atoms with Gasteiger partial charge < -0.3 is 10.1 Å². The van der Waals surface area contributed by atoms with Gasteiger partial charge in [-0.25, -0.2) is 4.98 Å². The second-order valence-corrected chi connectivity index (χ2v) is 5.95. The highest BCUT2D eigenvalue weighted by Crippen LogP contribution is 2.21. The number of aryl methyl sites for hydroxylation is 2. The maximum atomic E-state index is 12.1. The van der Waals surface area contributed by atoms with Crippen LogP contribution in [0.3, 0.4) is 0 Å². The van der Waals surface area contributed by atoms with E-state index in [1.165, 1.54) is 11.3 Å². The normalized spacial score (nSPS) is 10.9. The number of methoxy groups -OCH3 is 1. The molecule has 0 radical (unpaired) electrons. The van der Waals surface area contributed by atoms with Crippen LogP contribution in [0, 0.1) is 13.8 Å². The van der Waals surface area contributed by atoms with E-state index in [4.69, 9.17) is 4.74 Å². The number of rotatable bonds is 4. The van der Waals surface area contributed by atoms with Gasteiger partial charge in [-0.05, 0) is 37.6 Å². The first kappa shape index (κ1) is 14.6. The topological polar surface area (TPSA) is 55.6 Å². The molecule has 3 rings (SSSR count). The van der Waals surface area contributed by atoms with Crippen molar-refractivity contribution in [2.75, 3.05) is 12.4 Å². The summed E-state index contributed by atoms with van der Waals surface area (Å²) >= 11 is 1.48. The van der Waals surface area contributed by atoms with Gasteiger partial charge in [0.05, 0.1) is 19.3 Å². The fraction of sp³-hybridized carbons (Fsp3) is 0.250. The van der Waals surface area contributed by atoms with Crippen molar-refractivity contribution in [3.8, 4) is 5.75 Å². The van der Waals surface area contributed by atoms with Gasteiger partial charge in [0, 0.05) is 22.8 Å². The largest absolute Gasteiger partial charge is 0.497 e.